The highest BCUT2D eigenvalue weighted by Crippen LogP contribution is 2.43. The smallest absolute Gasteiger partial charge is 0.119 e. The lowest BCUT2D eigenvalue weighted by atomic mass is 9.73. The molecule has 0 radical (unpaired) electrons. The van der Waals surface area contributed by atoms with Crippen molar-refractivity contribution in [2.75, 3.05) is 37.7 Å². The molecule has 2 atom stereocenters. The number of terminal acetylenes is 1. The lowest BCUT2D eigenvalue weighted by molar-refractivity contribution is 0.190. The van der Waals surface area contributed by atoms with Gasteiger partial charge in [0.1, 0.15) is 5.75 Å². The summed E-state index contributed by atoms with van der Waals surface area (Å²) < 4.78 is 5.60. The maximum atomic E-state index is 5.60. The number of anilines is 1. The zero-order valence-electron chi connectivity index (χ0n) is 16.0. The van der Waals surface area contributed by atoms with E-state index in [1.54, 1.807) is 0 Å². The van der Waals surface area contributed by atoms with E-state index in [-0.39, 0.29) is 0 Å². The number of hydrogen-bond acceptors (Lipinski definition) is 3. The van der Waals surface area contributed by atoms with Gasteiger partial charge in [-0.25, -0.2) is 0 Å². The molecule has 1 aromatic rings. The van der Waals surface area contributed by atoms with Gasteiger partial charge in [0.25, 0.3) is 0 Å². The van der Waals surface area contributed by atoms with Gasteiger partial charge in [-0.15, -0.1) is 12.3 Å². The second-order valence-electron chi connectivity index (χ2n) is 8.22. The predicted octanol–water partition coefficient (Wildman–Crippen LogP) is 4.04. The highest BCUT2D eigenvalue weighted by Gasteiger charge is 2.45. The van der Waals surface area contributed by atoms with Crippen LogP contribution in [0.4, 0.5) is 5.69 Å². The van der Waals surface area contributed by atoms with E-state index < -0.39 is 0 Å². The van der Waals surface area contributed by atoms with Crippen LogP contribution < -0.4 is 9.64 Å². The van der Waals surface area contributed by atoms with Gasteiger partial charge in [-0.3, -0.25) is 0 Å². The monoisotopic (exact) mass is 340 g/mol. The first-order valence-corrected chi connectivity index (χ1v) is 9.69. The summed E-state index contributed by atoms with van der Waals surface area (Å²) in [5.74, 6) is 4.47. The number of hydrogen-bond donors (Lipinski definition) is 0. The predicted molar refractivity (Wildman–Crippen MR) is 105 cm³/mol. The second kappa shape index (κ2) is 7.70. The Morgan fingerprint density at radius 1 is 1.20 bits per heavy atom. The van der Waals surface area contributed by atoms with Crippen LogP contribution in [0.1, 0.15) is 40.0 Å². The molecule has 0 aromatic heterocycles. The van der Waals surface area contributed by atoms with E-state index in [2.05, 4.69) is 53.8 Å². The Hall–Kier alpha value is -1.66. The minimum absolute atomic E-state index is 0.336. The van der Waals surface area contributed by atoms with Gasteiger partial charge in [-0.05, 0) is 61.9 Å². The first-order valence-electron chi connectivity index (χ1n) is 9.69. The molecular formula is C22H32N2O. The van der Waals surface area contributed by atoms with Crippen molar-refractivity contribution in [3.8, 4) is 18.1 Å². The molecule has 25 heavy (non-hydrogen) atoms. The van der Waals surface area contributed by atoms with Gasteiger partial charge in [0, 0.05) is 37.8 Å². The van der Waals surface area contributed by atoms with Crippen molar-refractivity contribution >= 4 is 5.69 Å². The zero-order valence-corrected chi connectivity index (χ0v) is 16.0. The molecule has 3 heterocycles. The molecule has 136 valence electrons. The summed E-state index contributed by atoms with van der Waals surface area (Å²) in [5.41, 5.74) is 1.67. The average molecular weight is 341 g/mol. The molecule has 3 saturated heterocycles. The molecular weight excluding hydrogens is 308 g/mol. The summed E-state index contributed by atoms with van der Waals surface area (Å²) in [6.45, 7) is 12.3. The van der Waals surface area contributed by atoms with Crippen molar-refractivity contribution < 1.29 is 4.74 Å². The maximum Gasteiger partial charge on any atom is 0.119 e. The molecule has 3 nitrogen and oxygen atoms in total. The molecule has 0 spiro atoms. The van der Waals surface area contributed by atoms with Crippen LogP contribution in [0.5, 0.6) is 5.75 Å². The molecule has 3 aliphatic rings. The fourth-order valence-corrected chi connectivity index (χ4v) is 4.70. The second-order valence-corrected chi connectivity index (χ2v) is 8.22. The van der Waals surface area contributed by atoms with Crippen molar-refractivity contribution in [1.29, 1.82) is 0 Å². The third-order valence-electron chi connectivity index (χ3n) is 5.77. The average Bonchev–Trinajstić information content (AvgIpc) is 2.82. The Balaban J connectivity index is 1.78. The Bertz CT molecular complexity index is 601. The topological polar surface area (TPSA) is 15.7 Å². The fraction of sp³-hybridized carbons (Fsp3) is 0.636. The number of nitrogens with zero attached hydrogens (tertiary/aromatic N) is 2. The SMILES string of the molecule is C#CCCCN1CC2CN(c3ccc(OCC)cc3)C(C1)C(C)(C)C2. The van der Waals surface area contributed by atoms with E-state index in [4.69, 9.17) is 11.2 Å². The third-order valence-corrected chi connectivity index (χ3v) is 5.77. The number of piperidine rings is 1. The van der Waals surface area contributed by atoms with E-state index in [0.717, 1.165) is 44.1 Å². The van der Waals surface area contributed by atoms with Gasteiger partial charge in [0.05, 0.1) is 6.61 Å². The zero-order chi connectivity index (χ0) is 17.9. The molecule has 0 aliphatic carbocycles. The highest BCUT2D eigenvalue weighted by atomic mass is 16.5. The summed E-state index contributed by atoms with van der Waals surface area (Å²) in [6.07, 6.45) is 8.74. The minimum Gasteiger partial charge on any atom is -0.494 e. The Morgan fingerprint density at radius 2 is 1.96 bits per heavy atom. The summed E-state index contributed by atoms with van der Waals surface area (Å²) in [5, 5.41) is 0. The quantitative estimate of drug-likeness (QED) is 0.574. The van der Waals surface area contributed by atoms with Crippen LogP contribution in [-0.2, 0) is 0 Å². The van der Waals surface area contributed by atoms with Gasteiger partial charge in [-0.2, -0.15) is 0 Å². The van der Waals surface area contributed by atoms with Crippen LogP contribution in [-0.4, -0.2) is 43.7 Å². The Morgan fingerprint density at radius 3 is 2.64 bits per heavy atom. The molecule has 4 rings (SSSR count). The molecule has 0 saturated carbocycles. The Kier molecular flexibility index (Phi) is 5.59. The van der Waals surface area contributed by atoms with E-state index >= 15 is 0 Å². The Labute approximate surface area is 153 Å². The molecule has 3 fully saturated rings. The van der Waals surface area contributed by atoms with E-state index in [0.29, 0.717) is 18.1 Å². The van der Waals surface area contributed by atoms with E-state index in [1.165, 1.54) is 18.7 Å². The molecule has 2 unspecified atom stereocenters. The van der Waals surface area contributed by atoms with Crippen LogP contribution in [0, 0.1) is 23.7 Å². The number of benzene rings is 1. The van der Waals surface area contributed by atoms with Crippen molar-refractivity contribution in [2.24, 2.45) is 11.3 Å². The first kappa shape index (κ1) is 18.1. The van der Waals surface area contributed by atoms with Gasteiger partial charge in [0.2, 0.25) is 0 Å². The summed E-state index contributed by atoms with van der Waals surface area (Å²) >= 11 is 0. The van der Waals surface area contributed by atoms with Crippen LogP contribution in [0.3, 0.4) is 0 Å². The minimum atomic E-state index is 0.336. The van der Waals surface area contributed by atoms with Crippen LogP contribution in [0.2, 0.25) is 0 Å². The number of fused-ring (bicyclic) bond motifs is 4. The van der Waals surface area contributed by atoms with Gasteiger partial charge in [0.15, 0.2) is 0 Å². The van der Waals surface area contributed by atoms with Gasteiger partial charge < -0.3 is 14.5 Å². The lowest BCUT2D eigenvalue weighted by Crippen LogP contribution is -2.53. The van der Waals surface area contributed by atoms with Crippen LogP contribution in [0.25, 0.3) is 0 Å². The number of rotatable bonds is 6. The normalized spacial score (nSPS) is 25.4. The summed E-state index contributed by atoms with van der Waals surface area (Å²) in [4.78, 5) is 5.29. The summed E-state index contributed by atoms with van der Waals surface area (Å²) in [6, 6.07) is 9.22. The standard InChI is InChI=1S/C22H32N2O/c1-5-7-8-13-23-15-18-14-22(3,4)21(17-23)24(16-18)19-9-11-20(12-10-19)25-6-2/h1,9-12,18,21H,6-8,13-17H2,2-4H3. The van der Waals surface area contributed by atoms with Crippen molar-refractivity contribution in [3.63, 3.8) is 0 Å². The number of ether oxygens (including phenoxy) is 1. The van der Waals surface area contributed by atoms with Crippen molar-refractivity contribution in [2.45, 2.75) is 46.1 Å². The first-order chi connectivity index (χ1) is 12.0. The molecule has 3 aliphatic heterocycles. The van der Waals surface area contributed by atoms with Crippen LogP contribution in [0.15, 0.2) is 24.3 Å². The molecule has 0 amide bonds. The van der Waals surface area contributed by atoms with Gasteiger partial charge >= 0.3 is 0 Å². The molecule has 0 N–H and O–H groups in total. The van der Waals surface area contributed by atoms with E-state index in [9.17, 15) is 0 Å². The largest absolute Gasteiger partial charge is 0.494 e. The molecule has 1 aromatic carbocycles. The van der Waals surface area contributed by atoms with Crippen molar-refractivity contribution in [1.82, 2.24) is 4.90 Å². The lowest BCUT2D eigenvalue weighted by Gasteiger charge is -2.48. The molecule has 2 bridgehead atoms. The van der Waals surface area contributed by atoms with E-state index in [1.807, 2.05) is 6.92 Å². The van der Waals surface area contributed by atoms with Crippen molar-refractivity contribution in [3.05, 3.63) is 24.3 Å². The third kappa shape index (κ3) is 4.12. The maximum absolute atomic E-state index is 5.60. The summed E-state index contributed by atoms with van der Waals surface area (Å²) in [7, 11) is 0. The fourth-order valence-electron chi connectivity index (χ4n) is 4.70. The molecule has 3 heteroatoms. The van der Waals surface area contributed by atoms with Gasteiger partial charge in [-0.1, -0.05) is 13.8 Å². The highest BCUT2D eigenvalue weighted by molar-refractivity contribution is 5.51. The number of unbranched alkanes of at least 4 members (excludes halogenated alkanes) is 1. The van der Waals surface area contributed by atoms with Crippen LogP contribution >= 0.6 is 0 Å².